The SMILES string of the molecule is CCC(C)(C)C(=O)N(C)CC(Cl)COC. The van der Waals surface area contributed by atoms with Crippen molar-refractivity contribution in [3.63, 3.8) is 0 Å². The molecule has 0 radical (unpaired) electrons. The summed E-state index contributed by atoms with van der Waals surface area (Å²) in [5.41, 5.74) is -0.307. The van der Waals surface area contributed by atoms with Crippen LogP contribution in [0.25, 0.3) is 0 Å². The highest BCUT2D eigenvalue weighted by molar-refractivity contribution is 6.21. The van der Waals surface area contributed by atoms with Gasteiger partial charge in [-0.2, -0.15) is 0 Å². The third-order valence-electron chi connectivity index (χ3n) is 2.63. The Kier molecular flexibility index (Phi) is 6.22. The van der Waals surface area contributed by atoms with Crippen LogP contribution in [0, 0.1) is 5.41 Å². The number of carbonyl (C=O) groups is 1. The number of halogens is 1. The first-order valence-electron chi connectivity index (χ1n) is 5.23. The highest BCUT2D eigenvalue weighted by Crippen LogP contribution is 2.22. The lowest BCUT2D eigenvalue weighted by Gasteiger charge is -2.29. The lowest BCUT2D eigenvalue weighted by atomic mass is 9.88. The molecule has 0 rings (SSSR count). The average molecular weight is 236 g/mol. The molecule has 1 atom stereocenters. The van der Waals surface area contributed by atoms with Crippen LogP contribution in [0.2, 0.25) is 0 Å². The maximum atomic E-state index is 12.0. The molecule has 1 unspecified atom stereocenters. The molecule has 90 valence electrons. The Bertz CT molecular complexity index is 207. The van der Waals surface area contributed by atoms with Crippen LogP contribution in [0.1, 0.15) is 27.2 Å². The minimum Gasteiger partial charge on any atom is -0.383 e. The fourth-order valence-electron chi connectivity index (χ4n) is 1.28. The molecule has 0 saturated carbocycles. The van der Waals surface area contributed by atoms with Crippen LogP contribution in [-0.4, -0.2) is 43.5 Å². The van der Waals surface area contributed by atoms with E-state index in [9.17, 15) is 4.79 Å². The van der Waals surface area contributed by atoms with Crippen molar-refractivity contribution in [3.05, 3.63) is 0 Å². The first-order chi connectivity index (χ1) is 6.85. The van der Waals surface area contributed by atoms with Crippen molar-refractivity contribution in [2.75, 3.05) is 27.3 Å². The summed E-state index contributed by atoms with van der Waals surface area (Å²) in [5, 5.41) is -0.142. The van der Waals surface area contributed by atoms with Crippen molar-refractivity contribution >= 4 is 17.5 Å². The molecule has 0 saturated heterocycles. The van der Waals surface area contributed by atoms with Crippen LogP contribution in [0.15, 0.2) is 0 Å². The zero-order valence-electron chi connectivity index (χ0n) is 10.3. The number of rotatable bonds is 6. The summed E-state index contributed by atoms with van der Waals surface area (Å²) in [6.45, 7) is 6.90. The number of carbonyl (C=O) groups excluding carboxylic acids is 1. The van der Waals surface area contributed by atoms with Crippen molar-refractivity contribution in [2.24, 2.45) is 5.41 Å². The quantitative estimate of drug-likeness (QED) is 0.661. The van der Waals surface area contributed by atoms with Crippen molar-refractivity contribution in [2.45, 2.75) is 32.6 Å². The second-order valence-corrected chi connectivity index (χ2v) is 5.09. The van der Waals surface area contributed by atoms with Gasteiger partial charge in [-0.1, -0.05) is 20.8 Å². The van der Waals surface area contributed by atoms with Gasteiger partial charge in [0.1, 0.15) is 0 Å². The standard InChI is InChI=1S/C11H22ClNO2/c1-6-11(2,3)10(14)13(4)7-9(12)8-15-5/h9H,6-8H2,1-5H3. The number of alkyl halides is 1. The number of ether oxygens (including phenoxy) is 1. The molecule has 0 aromatic rings. The van der Waals surface area contributed by atoms with Gasteiger partial charge in [-0.3, -0.25) is 4.79 Å². The Morgan fingerprint density at radius 3 is 2.47 bits per heavy atom. The van der Waals surface area contributed by atoms with Gasteiger partial charge in [0, 0.05) is 26.1 Å². The molecule has 0 spiro atoms. The van der Waals surface area contributed by atoms with Gasteiger partial charge in [-0.25, -0.2) is 0 Å². The lowest BCUT2D eigenvalue weighted by Crippen LogP contribution is -2.41. The highest BCUT2D eigenvalue weighted by atomic mass is 35.5. The van der Waals surface area contributed by atoms with Gasteiger partial charge in [0.05, 0.1) is 12.0 Å². The Labute approximate surface area is 97.7 Å². The van der Waals surface area contributed by atoms with E-state index >= 15 is 0 Å². The highest BCUT2D eigenvalue weighted by Gasteiger charge is 2.29. The number of nitrogens with zero attached hydrogens (tertiary/aromatic N) is 1. The molecule has 0 N–H and O–H groups in total. The van der Waals surface area contributed by atoms with Gasteiger partial charge >= 0.3 is 0 Å². The van der Waals surface area contributed by atoms with E-state index in [1.165, 1.54) is 0 Å². The van der Waals surface area contributed by atoms with Crippen molar-refractivity contribution < 1.29 is 9.53 Å². The number of hydrogen-bond donors (Lipinski definition) is 0. The second-order valence-electron chi connectivity index (χ2n) is 4.48. The van der Waals surface area contributed by atoms with Gasteiger partial charge in [-0.05, 0) is 6.42 Å². The van der Waals surface area contributed by atoms with E-state index in [1.54, 1.807) is 19.1 Å². The Morgan fingerprint density at radius 2 is 2.07 bits per heavy atom. The molecule has 3 nitrogen and oxygen atoms in total. The molecule has 0 fully saturated rings. The molecule has 15 heavy (non-hydrogen) atoms. The lowest BCUT2D eigenvalue weighted by molar-refractivity contribution is -0.139. The van der Waals surface area contributed by atoms with Crippen LogP contribution in [0.5, 0.6) is 0 Å². The van der Waals surface area contributed by atoms with Gasteiger partial charge in [0.2, 0.25) is 5.91 Å². The predicted octanol–water partition coefficient (Wildman–Crippen LogP) is 2.13. The molecule has 0 aliphatic rings. The van der Waals surface area contributed by atoms with Gasteiger partial charge in [-0.15, -0.1) is 11.6 Å². The van der Waals surface area contributed by atoms with E-state index in [2.05, 4.69) is 0 Å². The van der Waals surface area contributed by atoms with Gasteiger partial charge in [0.15, 0.2) is 0 Å². The van der Waals surface area contributed by atoms with E-state index in [0.717, 1.165) is 6.42 Å². The predicted molar refractivity (Wildman–Crippen MR) is 63.2 cm³/mol. The summed E-state index contributed by atoms with van der Waals surface area (Å²) in [7, 11) is 3.39. The topological polar surface area (TPSA) is 29.5 Å². The van der Waals surface area contributed by atoms with Gasteiger partial charge < -0.3 is 9.64 Å². The maximum absolute atomic E-state index is 12.0. The fraction of sp³-hybridized carbons (Fsp3) is 0.909. The van der Waals surface area contributed by atoms with Crippen molar-refractivity contribution in [1.82, 2.24) is 4.90 Å². The molecule has 4 heteroatoms. The smallest absolute Gasteiger partial charge is 0.228 e. The Hall–Kier alpha value is -0.280. The summed E-state index contributed by atoms with van der Waals surface area (Å²) >= 11 is 5.99. The molecule has 1 amide bonds. The molecule has 0 aromatic carbocycles. The molecule has 0 heterocycles. The zero-order valence-corrected chi connectivity index (χ0v) is 11.1. The summed E-state index contributed by atoms with van der Waals surface area (Å²) in [6, 6.07) is 0. The van der Waals surface area contributed by atoms with Crippen LogP contribution < -0.4 is 0 Å². The van der Waals surface area contributed by atoms with Crippen molar-refractivity contribution in [3.8, 4) is 0 Å². The van der Waals surface area contributed by atoms with Crippen LogP contribution in [0.3, 0.4) is 0 Å². The summed E-state index contributed by atoms with van der Waals surface area (Å²) in [4.78, 5) is 13.6. The minimum absolute atomic E-state index is 0.131. The first kappa shape index (κ1) is 14.7. The van der Waals surface area contributed by atoms with E-state index in [0.29, 0.717) is 13.2 Å². The van der Waals surface area contributed by atoms with E-state index in [-0.39, 0.29) is 16.7 Å². The molecule has 0 aromatic heterocycles. The molecular weight excluding hydrogens is 214 g/mol. The molecular formula is C11H22ClNO2. The van der Waals surface area contributed by atoms with E-state index < -0.39 is 0 Å². The van der Waals surface area contributed by atoms with Gasteiger partial charge in [0.25, 0.3) is 0 Å². The third kappa shape index (κ3) is 4.85. The fourth-order valence-corrected chi connectivity index (χ4v) is 1.61. The van der Waals surface area contributed by atoms with Crippen LogP contribution in [0.4, 0.5) is 0 Å². The summed E-state index contributed by atoms with van der Waals surface area (Å²) in [5.74, 6) is 0.131. The monoisotopic (exact) mass is 235 g/mol. The first-order valence-corrected chi connectivity index (χ1v) is 5.67. The largest absolute Gasteiger partial charge is 0.383 e. The summed E-state index contributed by atoms with van der Waals surface area (Å²) < 4.78 is 4.93. The number of amides is 1. The Balaban J connectivity index is 4.21. The minimum atomic E-state index is -0.307. The summed E-state index contributed by atoms with van der Waals surface area (Å²) in [6.07, 6.45) is 0.827. The molecule has 0 aliphatic heterocycles. The normalized spacial score (nSPS) is 13.7. The second kappa shape index (κ2) is 6.33. The number of hydrogen-bond acceptors (Lipinski definition) is 2. The van der Waals surface area contributed by atoms with Crippen molar-refractivity contribution in [1.29, 1.82) is 0 Å². The van der Waals surface area contributed by atoms with Crippen LogP contribution >= 0.6 is 11.6 Å². The molecule has 0 aliphatic carbocycles. The average Bonchev–Trinajstić information content (AvgIpc) is 2.16. The van der Waals surface area contributed by atoms with E-state index in [4.69, 9.17) is 16.3 Å². The van der Waals surface area contributed by atoms with Crippen LogP contribution in [-0.2, 0) is 9.53 Å². The van der Waals surface area contributed by atoms with E-state index in [1.807, 2.05) is 20.8 Å². The maximum Gasteiger partial charge on any atom is 0.228 e. The molecule has 0 bridgehead atoms. The Morgan fingerprint density at radius 1 is 1.53 bits per heavy atom. The zero-order chi connectivity index (χ0) is 12.1. The third-order valence-corrected chi connectivity index (χ3v) is 2.89. The number of methoxy groups -OCH3 is 1.